The second-order valence-electron chi connectivity index (χ2n) is 8.90. The van der Waals surface area contributed by atoms with Crippen molar-refractivity contribution in [1.82, 2.24) is 9.21 Å². The summed E-state index contributed by atoms with van der Waals surface area (Å²) in [7, 11) is -2.29. The molecular weight excluding hydrogens is 468 g/mol. The maximum absolute atomic E-state index is 13.5. The highest BCUT2D eigenvalue weighted by molar-refractivity contribution is 7.89. The predicted molar refractivity (Wildman–Crippen MR) is 132 cm³/mol. The Morgan fingerprint density at radius 1 is 1.23 bits per heavy atom. The SMILES string of the molecule is C[C@@H]1CN([C@H](C)CO)S(=O)(=O)c2ccc(C#C[C@@H](C)O)cc2O[C@@H]1CN(C)C(=O)c1ccccc1. The number of carbonyl (C=O) groups is 1. The largest absolute Gasteiger partial charge is 0.487 e. The predicted octanol–water partition coefficient (Wildman–Crippen LogP) is 1.96. The first-order chi connectivity index (χ1) is 16.5. The highest BCUT2D eigenvalue weighted by Gasteiger charge is 2.38. The van der Waals surface area contributed by atoms with E-state index in [0.29, 0.717) is 11.1 Å². The van der Waals surface area contributed by atoms with Crippen molar-refractivity contribution < 1.29 is 28.2 Å². The lowest BCUT2D eigenvalue weighted by Gasteiger charge is -2.37. The summed E-state index contributed by atoms with van der Waals surface area (Å²) < 4.78 is 34.6. The molecule has 3 rings (SSSR count). The summed E-state index contributed by atoms with van der Waals surface area (Å²) in [6, 6.07) is 12.8. The molecule has 2 aromatic carbocycles. The van der Waals surface area contributed by atoms with Gasteiger partial charge in [-0.2, -0.15) is 4.31 Å². The quantitative estimate of drug-likeness (QED) is 0.608. The molecule has 35 heavy (non-hydrogen) atoms. The van der Waals surface area contributed by atoms with Gasteiger partial charge >= 0.3 is 0 Å². The van der Waals surface area contributed by atoms with Crippen molar-refractivity contribution in [3.05, 3.63) is 59.7 Å². The van der Waals surface area contributed by atoms with Crippen LogP contribution in [0.25, 0.3) is 0 Å². The molecule has 0 unspecified atom stereocenters. The van der Waals surface area contributed by atoms with E-state index in [1.165, 1.54) is 23.4 Å². The van der Waals surface area contributed by atoms with Gasteiger partial charge in [-0.25, -0.2) is 8.42 Å². The third-order valence-corrected chi connectivity index (χ3v) is 7.93. The Hall–Kier alpha value is -2.90. The number of aliphatic hydroxyl groups excluding tert-OH is 2. The Kier molecular flexibility index (Phi) is 8.56. The van der Waals surface area contributed by atoms with Crippen molar-refractivity contribution in [2.45, 2.75) is 43.9 Å². The average molecular weight is 501 g/mol. The molecule has 8 nitrogen and oxygen atoms in total. The van der Waals surface area contributed by atoms with E-state index in [-0.39, 0.29) is 42.2 Å². The first-order valence-corrected chi connectivity index (χ1v) is 12.9. The molecule has 188 valence electrons. The number of hydrogen-bond acceptors (Lipinski definition) is 6. The summed E-state index contributed by atoms with van der Waals surface area (Å²) in [6.07, 6.45) is -1.37. The summed E-state index contributed by atoms with van der Waals surface area (Å²) in [5.41, 5.74) is 1.03. The van der Waals surface area contributed by atoms with E-state index < -0.39 is 28.3 Å². The number of sulfonamides is 1. The number of amides is 1. The summed E-state index contributed by atoms with van der Waals surface area (Å²) in [6.45, 7) is 5.05. The molecule has 1 heterocycles. The fourth-order valence-electron chi connectivity index (χ4n) is 3.86. The number of nitrogens with zero attached hydrogens (tertiary/aromatic N) is 2. The van der Waals surface area contributed by atoms with Gasteiger partial charge in [0.1, 0.15) is 22.9 Å². The fourth-order valence-corrected chi connectivity index (χ4v) is 5.69. The fraction of sp³-hybridized carbons (Fsp3) is 0.423. The second kappa shape index (κ2) is 11.2. The van der Waals surface area contributed by atoms with Gasteiger partial charge in [-0.05, 0) is 44.2 Å². The second-order valence-corrected chi connectivity index (χ2v) is 10.8. The first-order valence-electron chi connectivity index (χ1n) is 11.5. The molecule has 2 aromatic rings. The van der Waals surface area contributed by atoms with Crippen LogP contribution in [-0.2, 0) is 10.0 Å². The molecule has 0 bridgehead atoms. The highest BCUT2D eigenvalue weighted by atomic mass is 32.2. The molecule has 0 saturated heterocycles. The third kappa shape index (κ3) is 6.21. The first kappa shape index (κ1) is 26.7. The van der Waals surface area contributed by atoms with E-state index in [1.54, 1.807) is 49.2 Å². The topological polar surface area (TPSA) is 107 Å². The van der Waals surface area contributed by atoms with Crippen molar-refractivity contribution in [1.29, 1.82) is 0 Å². The van der Waals surface area contributed by atoms with Crippen molar-refractivity contribution in [2.24, 2.45) is 5.92 Å². The lowest BCUT2D eigenvalue weighted by Crippen LogP contribution is -2.50. The van der Waals surface area contributed by atoms with E-state index in [9.17, 15) is 23.4 Å². The molecule has 0 aromatic heterocycles. The van der Waals surface area contributed by atoms with Crippen LogP contribution in [-0.4, -0.2) is 78.7 Å². The van der Waals surface area contributed by atoms with Crippen LogP contribution >= 0.6 is 0 Å². The van der Waals surface area contributed by atoms with Crippen molar-refractivity contribution >= 4 is 15.9 Å². The van der Waals surface area contributed by atoms with E-state index in [2.05, 4.69) is 11.8 Å². The summed E-state index contributed by atoms with van der Waals surface area (Å²) >= 11 is 0. The molecule has 4 atom stereocenters. The smallest absolute Gasteiger partial charge is 0.253 e. The zero-order valence-electron chi connectivity index (χ0n) is 20.4. The lowest BCUT2D eigenvalue weighted by molar-refractivity contribution is 0.0563. The standard InChI is InChI=1S/C26H32N2O6S/c1-18-15-28(19(2)17-29)35(32,33)25-13-12-21(11-10-20(3)30)14-23(25)34-24(18)16-27(4)26(31)22-8-6-5-7-9-22/h5-9,12-14,18-20,24,29-30H,15-17H2,1-4H3/t18-,19-,20-,24-/m1/s1. The zero-order valence-corrected chi connectivity index (χ0v) is 21.2. The minimum Gasteiger partial charge on any atom is -0.487 e. The molecular formula is C26H32N2O6S. The number of fused-ring (bicyclic) bond motifs is 1. The minimum absolute atomic E-state index is 0.0330. The van der Waals surface area contributed by atoms with Crippen molar-refractivity contribution in [3.63, 3.8) is 0 Å². The molecule has 0 radical (unpaired) electrons. The van der Waals surface area contributed by atoms with E-state index >= 15 is 0 Å². The molecule has 0 fully saturated rings. The van der Waals surface area contributed by atoms with Crippen LogP contribution in [0.5, 0.6) is 5.75 Å². The number of ether oxygens (including phenoxy) is 1. The molecule has 1 amide bonds. The summed E-state index contributed by atoms with van der Waals surface area (Å²) in [5.74, 6) is 5.11. The van der Waals surface area contributed by atoms with Crippen LogP contribution in [0.15, 0.2) is 53.4 Å². The number of aliphatic hydroxyl groups is 2. The van der Waals surface area contributed by atoms with Crippen LogP contribution in [0, 0.1) is 17.8 Å². The van der Waals surface area contributed by atoms with Crippen LogP contribution in [0.2, 0.25) is 0 Å². The molecule has 2 N–H and O–H groups in total. The van der Waals surface area contributed by atoms with Gasteiger partial charge in [0, 0.05) is 36.7 Å². The zero-order chi connectivity index (χ0) is 25.8. The van der Waals surface area contributed by atoms with Crippen LogP contribution < -0.4 is 4.74 Å². The Morgan fingerprint density at radius 3 is 2.54 bits per heavy atom. The van der Waals surface area contributed by atoms with Gasteiger partial charge in [-0.3, -0.25) is 4.79 Å². The van der Waals surface area contributed by atoms with Crippen LogP contribution in [0.1, 0.15) is 36.7 Å². The van der Waals surface area contributed by atoms with Gasteiger partial charge in [0.05, 0.1) is 13.2 Å². The van der Waals surface area contributed by atoms with Gasteiger partial charge < -0.3 is 19.8 Å². The maximum Gasteiger partial charge on any atom is 0.253 e. The van der Waals surface area contributed by atoms with Crippen LogP contribution in [0.3, 0.4) is 0 Å². The summed E-state index contributed by atoms with van der Waals surface area (Å²) in [5, 5.41) is 19.3. The molecule has 0 aliphatic carbocycles. The molecule has 9 heteroatoms. The van der Waals surface area contributed by atoms with Crippen LogP contribution in [0.4, 0.5) is 0 Å². The molecule has 0 spiro atoms. The van der Waals surface area contributed by atoms with Crippen molar-refractivity contribution in [2.75, 3.05) is 26.7 Å². The van der Waals surface area contributed by atoms with Gasteiger partial charge in [0.2, 0.25) is 10.0 Å². The summed E-state index contributed by atoms with van der Waals surface area (Å²) in [4.78, 5) is 14.5. The van der Waals surface area contributed by atoms with E-state index in [1.807, 2.05) is 13.0 Å². The Morgan fingerprint density at radius 2 is 1.91 bits per heavy atom. The minimum atomic E-state index is -3.98. The molecule has 0 saturated carbocycles. The van der Waals surface area contributed by atoms with E-state index in [0.717, 1.165) is 0 Å². The number of carbonyl (C=O) groups excluding carboxylic acids is 1. The number of benzene rings is 2. The Balaban J connectivity index is 2.02. The number of likely N-dealkylation sites (N-methyl/N-ethyl adjacent to an activating group) is 1. The van der Waals surface area contributed by atoms with E-state index in [4.69, 9.17) is 4.74 Å². The van der Waals surface area contributed by atoms with Gasteiger partial charge in [-0.1, -0.05) is 37.0 Å². The Labute approximate surface area is 207 Å². The van der Waals surface area contributed by atoms with Gasteiger partial charge in [0.25, 0.3) is 5.91 Å². The van der Waals surface area contributed by atoms with Gasteiger partial charge in [-0.15, -0.1) is 0 Å². The number of rotatable bonds is 5. The lowest BCUT2D eigenvalue weighted by atomic mass is 10.0. The normalized spacial score (nSPS) is 21.2. The number of hydrogen-bond donors (Lipinski definition) is 2. The Bertz CT molecular complexity index is 1200. The highest BCUT2D eigenvalue weighted by Crippen LogP contribution is 2.34. The molecule has 1 aliphatic heterocycles. The maximum atomic E-state index is 13.5. The third-order valence-electron chi connectivity index (χ3n) is 5.91. The van der Waals surface area contributed by atoms with Gasteiger partial charge in [0.15, 0.2) is 0 Å². The van der Waals surface area contributed by atoms with Crippen molar-refractivity contribution in [3.8, 4) is 17.6 Å². The average Bonchev–Trinajstić information content (AvgIpc) is 2.84. The molecule has 1 aliphatic rings. The monoisotopic (exact) mass is 500 g/mol.